The Labute approximate surface area is 190 Å². The van der Waals surface area contributed by atoms with Crippen LogP contribution in [0.3, 0.4) is 0 Å². The van der Waals surface area contributed by atoms with Gasteiger partial charge >= 0.3 is 0 Å². The Morgan fingerprint density at radius 2 is 1.41 bits per heavy atom. The van der Waals surface area contributed by atoms with Crippen molar-refractivity contribution in [2.24, 2.45) is 5.92 Å². The number of nitrogens with zero attached hydrogens (tertiary/aromatic N) is 7. The molecule has 0 aliphatic carbocycles. The number of hydrogen-bond acceptors (Lipinski definition) is 7. The molecule has 3 aromatic rings. The summed E-state index contributed by atoms with van der Waals surface area (Å²) < 4.78 is 0. The molecule has 0 spiro atoms. The Morgan fingerprint density at radius 3 is 2.12 bits per heavy atom. The van der Waals surface area contributed by atoms with Crippen LogP contribution in [0.2, 0.25) is 0 Å². The van der Waals surface area contributed by atoms with E-state index in [-0.39, 0.29) is 0 Å². The van der Waals surface area contributed by atoms with Crippen LogP contribution in [0, 0.1) is 12.8 Å². The van der Waals surface area contributed by atoms with Gasteiger partial charge in [0, 0.05) is 62.9 Å². The first-order chi connectivity index (χ1) is 15.7. The van der Waals surface area contributed by atoms with E-state index in [2.05, 4.69) is 61.9 Å². The van der Waals surface area contributed by atoms with Crippen molar-refractivity contribution in [3.63, 3.8) is 0 Å². The van der Waals surface area contributed by atoms with Crippen molar-refractivity contribution >= 4 is 17.6 Å². The van der Waals surface area contributed by atoms with Crippen molar-refractivity contribution in [2.75, 3.05) is 54.0 Å². The minimum absolute atomic E-state index is 0.781. The molecule has 166 valence electrons. The summed E-state index contributed by atoms with van der Waals surface area (Å²) in [4.78, 5) is 25.9. The predicted molar refractivity (Wildman–Crippen MR) is 129 cm³/mol. The molecule has 2 saturated heterocycles. The van der Waals surface area contributed by atoms with Crippen molar-refractivity contribution in [1.29, 1.82) is 0 Å². The number of para-hydroxylation sites is 1. The first-order valence-corrected chi connectivity index (χ1v) is 11.6. The van der Waals surface area contributed by atoms with E-state index in [9.17, 15) is 0 Å². The molecular formula is C25H31N7. The minimum Gasteiger partial charge on any atom is -0.368 e. The van der Waals surface area contributed by atoms with E-state index in [1.54, 1.807) is 0 Å². The predicted octanol–water partition coefficient (Wildman–Crippen LogP) is 3.80. The maximum absolute atomic E-state index is 4.88. The first-order valence-electron chi connectivity index (χ1n) is 11.6. The molecule has 0 unspecified atom stereocenters. The Morgan fingerprint density at radius 1 is 0.750 bits per heavy atom. The summed E-state index contributed by atoms with van der Waals surface area (Å²) in [5.41, 5.74) is 4.10. The van der Waals surface area contributed by atoms with Gasteiger partial charge in [-0.2, -0.15) is 0 Å². The molecule has 32 heavy (non-hydrogen) atoms. The van der Waals surface area contributed by atoms with E-state index in [1.165, 1.54) is 18.5 Å². The van der Waals surface area contributed by atoms with Crippen LogP contribution in [0.1, 0.15) is 25.5 Å². The van der Waals surface area contributed by atoms with Crippen molar-refractivity contribution in [3.8, 4) is 11.3 Å². The SMILES string of the molecule is Cc1nc(N2CCC(C)CC2)ncc1-c1ccnc(N2CCN(c3ccccc3)CC2)n1. The molecule has 0 atom stereocenters. The molecule has 1 aromatic carbocycles. The zero-order valence-corrected chi connectivity index (χ0v) is 19.0. The van der Waals surface area contributed by atoms with Crippen LogP contribution in [0.5, 0.6) is 0 Å². The maximum atomic E-state index is 4.88. The third-order valence-corrected chi connectivity index (χ3v) is 6.64. The van der Waals surface area contributed by atoms with Crippen LogP contribution in [-0.2, 0) is 0 Å². The number of hydrogen-bond donors (Lipinski definition) is 0. The molecule has 0 amide bonds. The van der Waals surface area contributed by atoms with Gasteiger partial charge in [-0.25, -0.2) is 19.9 Å². The highest BCUT2D eigenvalue weighted by Gasteiger charge is 2.21. The second kappa shape index (κ2) is 9.10. The molecule has 2 aliphatic rings. The molecule has 0 radical (unpaired) electrons. The molecule has 7 nitrogen and oxygen atoms in total. The quantitative estimate of drug-likeness (QED) is 0.625. The van der Waals surface area contributed by atoms with Crippen molar-refractivity contribution < 1.29 is 0 Å². The van der Waals surface area contributed by atoms with E-state index < -0.39 is 0 Å². The van der Waals surface area contributed by atoms with Gasteiger partial charge in [0.15, 0.2) is 0 Å². The largest absolute Gasteiger partial charge is 0.368 e. The minimum atomic E-state index is 0.781. The third kappa shape index (κ3) is 4.38. The van der Waals surface area contributed by atoms with Gasteiger partial charge in [0.05, 0.1) is 11.4 Å². The smallest absolute Gasteiger partial charge is 0.225 e. The van der Waals surface area contributed by atoms with E-state index in [0.717, 1.165) is 74.0 Å². The van der Waals surface area contributed by atoms with Gasteiger partial charge < -0.3 is 14.7 Å². The van der Waals surface area contributed by atoms with E-state index in [0.29, 0.717) is 0 Å². The van der Waals surface area contributed by atoms with Crippen molar-refractivity contribution in [3.05, 3.63) is 54.5 Å². The number of aromatic nitrogens is 4. The fourth-order valence-electron chi connectivity index (χ4n) is 4.52. The van der Waals surface area contributed by atoms with Crippen LogP contribution < -0.4 is 14.7 Å². The lowest BCUT2D eigenvalue weighted by Crippen LogP contribution is -2.47. The molecule has 2 fully saturated rings. The van der Waals surface area contributed by atoms with Crippen LogP contribution >= 0.6 is 0 Å². The van der Waals surface area contributed by atoms with Gasteiger partial charge in [0.1, 0.15) is 0 Å². The normalized spacial score (nSPS) is 17.6. The summed E-state index contributed by atoms with van der Waals surface area (Å²) in [6.45, 7) is 10.2. The number of anilines is 3. The molecule has 0 saturated carbocycles. The van der Waals surface area contributed by atoms with Gasteiger partial charge in [-0.15, -0.1) is 0 Å². The summed E-state index contributed by atoms with van der Waals surface area (Å²) in [5, 5.41) is 0. The second-order valence-corrected chi connectivity index (χ2v) is 8.89. The number of benzene rings is 1. The summed E-state index contributed by atoms with van der Waals surface area (Å²) >= 11 is 0. The number of piperidine rings is 1. The van der Waals surface area contributed by atoms with Gasteiger partial charge in [-0.3, -0.25) is 0 Å². The standard InChI is InChI=1S/C25H31N7/c1-19-9-12-31(13-10-19)25-27-18-22(20(2)28-25)23-8-11-26-24(29-23)32-16-14-30(15-17-32)21-6-4-3-5-7-21/h3-8,11,18-19H,9-10,12-17H2,1-2H3. The fraction of sp³-hybridized carbons (Fsp3) is 0.440. The Kier molecular flexibility index (Phi) is 5.88. The molecule has 5 rings (SSSR count). The average Bonchev–Trinajstić information content (AvgIpc) is 2.85. The molecule has 2 aromatic heterocycles. The second-order valence-electron chi connectivity index (χ2n) is 8.89. The zero-order valence-electron chi connectivity index (χ0n) is 19.0. The molecule has 0 N–H and O–H groups in total. The summed E-state index contributed by atoms with van der Waals surface area (Å²) in [6, 6.07) is 12.5. The maximum Gasteiger partial charge on any atom is 0.225 e. The highest BCUT2D eigenvalue weighted by atomic mass is 15.3. The van der Waals surface area contributed by atoms with Crippen molar-refractivity contribution in [2.45, 2.75) is 26.7 Å². The highest BCUT2D eigenvalue weighted by Crippen LogP contribution is 2.26. The van der Waals surface area contributed by atoms with E-state index in [1.807, 2.05) is 25.4 Å². The molecule has 4 heterocycles. The molecule has 0 bridgehead atoms. The van der Waals surface area contributed by atoms with Gasteiger partial charge in [0.2, 0.25) is 11.9 Å². The average molecular weight is 430 g/mol. The number of rotatable bonds is 4. The topological polar surface area (TPSA) is 61.3 Å². The highest BCUT2D eigenvalue weighted by molar-refractivity contribution is 5.63. The summed E-state index contributed by atoms with van der Waals surface area (Å²) in [7, 11) is 0. The monoisotopic (exact) mass is 429 g/mol. The zero-order chi connectivity index (χ0) is 21.9. The van der Waals surface area contributed by atoms with Gasteiger partial charge in [-0.1, -0.05) is 25.1 Å². The van der Waals surface area contributed by atoms with Crippen LogP contribution in [0.15, 0.2) is 48.8 Å². The third-order valence-electron chi connectivity index (χ3n) is 6.64. The van der Waals surface area contributed by atoms with Crippen LogP contribution in [0.4, 0.5) is 17.6 Å². The molecular weight excluding hydrogens is 398 g/mol. The lowest BCUT2D eigenvalue weighted by Gasteiger charge is -2.36. The van der Waals surface area contributed by atoms with Crippen molar-refractivity contribution in [1.82, 2.24) is 19.9 Å². The molecule has 7 heteroatoms. The van der Waals surface area contributed by atoms with E-state index >= 15 is 0 Å². The number of piperazine rings is 1. The Balaban J connectivity index is 1.29. The lowest BCUT2D eigenvalue weighted by molar-refractivity contribution is 0.434. The van der Waals surface area contributed by atoms with Crippen LogP contribution in [0.25, 0.3) is 11.3 Å². The van der Waals surface area contributed by atoms with Crippen LogP contribution in [-0.4, -0.2) is 59.2 Å². The summed E-state index contributed by atoms with van der Waals surface area (Å²) in [5.74, 6) is 2.41. The Bertz CT molecular complexity index is 1040. The van der Waals surface area contributed by atoms with E-state index in [4.69, 9.17) is 9.97 Å². The summed E-state index contributed by atoms with van der Waals surface area (Å²) in [6.07, 6.45) is 6.18. The first kappa shape index (κ1) is 20.7. The lowest BCUT2D eigenvalue weighted by atomic mass is 10.00. The molecule has 2 aliphatic heterocycles. The fourth-order valence-corrected chi connectivity index (χ4v) is 4.52. The van der Waals surface area contributed by atoms with Gasteiger partial charge in [-0.05, 0) is 43.9 Å². The van der Waals surface area contributed by atoms with Gasteiger partial charge in [0.25, 0.3) is 0 Å². The Hall–Kier alpha value is -3.22. The number of aryl methyl sites for hydroxylation is 1.